The van der Waals surface area contributed by atoms with E-state index in [9.17, 15) is 27.1 Å². The lowest BCUT2D eigenvalue weighted by molar-refractivity contribution is -0.153. The first-order valence-corrected chi connectivity index (χ1v) is 16.4. The van der Waals surface area contributed by atoms with Crippen LogP contribution in [0.4, 0.5) is 13.2 Å². The number of halogens is 3. The van der Waals surface area contributed by atoms with Crippen molar-refractivity contribution in [2.24, 2.45) is 38.2 Å². The minimum atomic E-state index is -4.53. The zero-order valence-electron chi connectivity index (χ0n) is 23.6. The van der Waals surface area contributed by atoms with E-state index in [1.807, 2.05) is 0 Å². The van der Waals surface area contributed by atoms with Crippen LogP contribution < -0.4 is 15.5 Å². The molecule has 9 nitrogen and oxygen atoms in total. The molecule has 4 bridgehead atoms. The molecule has 14 heteroatoms. The summed E-state index contributed by atoms with van der Waals surface area (Å²) >= 11 is 0.865. The van der Waals surface area contributed by atoms with Crippen molar-refractivity contribution in [3.8, 4) is 5.75 Å². The Hall–Kier alpha value is -2.87. The lowest BCUT2D eigenvalue weighted by Crippen LogP contribution is -2.67. The maximum absolute atomic E-state index is 14.9. The predicted octanol–water partition coefficient (Wildman–Crippen LogP) is 4.97. The molecule has 1 aliphatic heterocycles. The van der Waals surface area contributed by atoms with Gasteiger partial charge in [-0.15, -0.1) is 4.91 Å². The Kier molecular flexibility index (Phi) is 7.89. The number of nitrogens with zero attached hydrogens (tertiary/aromatic N) is 4. The number of pyridine rings is 1. The molecule has 5 aliphatic rings. The highest BCUT2D eigenvalue weighted by Crippen LogP contribution is 2.68. The van der Waals surface area contributed by atoms with Gasteiger partial charge in [0.25, 0.3) is 0 Å². The second-order valence-electron chi connectivity index (χ2n) is 11.8. The van der Waals surface area contributed by atoms with E-state index >= 15 is 0 Å². The Morgan fingerprint density at radius 3 is 2.44 bits per heavy atom. The minimum Gasteiger partial charge on any atom is -0.484 e. The van der Waals surface area contributed by atoms with Crippen molar-refractivity contribution in [2.75, 3.05) is 13.2 Å². The summed E-state index contributed by atoms with van der Waals surface area (Å²) < 4.78 is 66.1. The highest BCUT2D eigenvalue weighted by molar-refractivity contribution is 8.00. The number of hydrogen-bond donors (Lipinski definition) is 0. The second-order valence-corrected chi connectivity index (χ2v) is 14.3. The molecule has 43 heavy (non-hydrogen) atoms. The molecular formula is C29H31F3N4O5S2. The fourth-order valence-electron chi connectivity index (χ4n) is 7.84. The van der Waals surface area contributed by atoms with Gasteiger partial charge in [0.2, 0.25) is 4.99 Å². The molecule has 0 N–H and O–H groups in total. The predicted molar refractivity (Wildman–Crippen MR) is 153 cm³/mol. The van der Waals surface area contributed by atoms with Crippen LogP contribution >= 0.6 is 11.9 Å². The number of esters is 1. The number of benzene rings is 1. The van der Waals surface area contributed by atoms with Crippen LogP contribution in [0.25, 0.3) is 0 Å². The molecule has 2 heterocycles. The first-order valence-electron chi connectivity index (χ1n) is 14.3. The molecule has 2 aromatic rings. The number of carbonyl (C=O) groups excluding carboxylic acids is 1. The van der Waals surface area contributed by atoms with Crippen LogP contribution in [0.2, 0.25) is 0 Å². The van der Waals surface area contributed by atoms with Gasteiger partial charge in [0, 0.05) is 28.3 Å². The molecule has 1 aromatic heterocycles. The molecule has 4 saturated carbocycles. The Labute approximate surface area is 252 Å². The van der Waals surface area contributed by atoms with Gasteiger partial charge in [0.05, 0.1) is 39.8 Å². The number of fused-ring (bicyclic) bond motifs is 1. The van der Waals surface area contributed by atoms with Gasteiger partial charge in [-0.25, -0.2) is 14.8 Å². The summed E-state index contributed by atoms with van der Waals surface area (Å²) in [6.45, 7) is 1.93. The van der Waals surface area contributed by atoms with E-state index in [0.717, 1.165) is 44.1 Å². The molecule has 4 aliphatic carbocycles. The van der Waals surface area contributed by atoms with Crippen LogP contribution in [0.3, 0.4) is 0 Å². The molecule has 2 unspecified atom stereocenters. The van der Waals surface area contributed by atoms with Crippen LogP contribution in [0, 0.1) is 35.5 Å². The summed E-state index contributed by atoms with van der Waals surface area (Å²) in [6.07, 6.45) is 1.24. The Morgan fingerprint density at radius 1 is 1.12 bits per heavy atom. The summed E-state index contributed by atoms with van der Waals surface area (Å²) in [4.78, 5) is 37.9. The van der Waals surface area contributed by atoms with Gasteiger partial charge < -0.3 is 9.47 Å². The van der Waals surface area contributed by atoms with Gasteiger partial charge in [-0.1, -0.05) is 6.07 Å². The first-order chi connectivity index (χ1) is 20.5. The fourth-order valence-corrected chi connectivity index (χ4v) is 11.1. The number of para-hydroxylation sites is 1. The van der Waals surface area contributed by atoms with Gasteiger partial charge in [-0.3, -0.25) is 9.19 Å². The van der Waals surface area contributed by atoms with E-state index < -0.39 is 39.3 Å². The average Bonchev–Trinajstić information content (AvgIpc) is 3.36. The van der Waals surface area contributed by atoms with Gasteiger partial charge in [0.1, 0.15) is 15.9 Å². The van der Waals surface area contributed by atoms with Crippen LogP contribution in [0.5, 0.6) is 5.75 Å². The average molecular weight is 637 g/mol. The largest absolute Gasteiger partial charge is 0.484 e. The Morgan fingerprint density at radius 2 is 1.81 bits per heavy atom. The van der Waals surface area contributed by atoms with Crippen LogP contribution in [-0.2, 0) is 21.3 Å². The van der Waals surface area contributed by atoms with E-state index in [4.69, 9.17) is 19.5 Å². The van der Waals surface area contributed by atoms with Crippen LogP contribution in [0.15, 0.2) is 45.0 Å². The standard InChI is InChI=1S/C29H31F3N4O5S2/c1-3-40-26(37)21-5-4-6-22-25(21)35-29(34-22,28(42-36-38)19-10-17-9-18(12-19)13-20(28)11-17)43(39)14-23-16(2)24(7-8-33-23)41-15-27(30,31)32/h4-8,17-20H,3,9-15H2,1-2H3. The number of nitroso groups, excluding NO2 is 1. The van der Waals surface area contributed by atoms with Gasteiger partial charge in [0.15, 0.2) is 6.61 Å². The number of carbonyl (C=O) groups is 1. The number of hydrogen-bond acceptors (Lipinski definition) is 10. The van der Waals surface area contributed by atoms with Crippen molar-refractivity contribution in [1.82, 2.24) is 4.98 Å². The zero-order valence-corrected chi connectivity index (χ0v) is 25.3. The topological polar surface area (TPSA) is 120 Å². The smallest absolute Gasteiger partial charge is 0.422 e. The molecule has 2 atom stereocenters. The minimum absolute atomic E-state index is 0.0187. The number of aromatic nitrogens is 1. The number of rotatable bonds is 10. The van der Waals surface area contributed by atoms with Crippen molar-refractivity contribution >= 4 is 28.7 Å². The van der Waals surface area contributed by atoms with Crippen LogP contribution in [0.1, 0.15) is 60.6 Å². The Balaban J connectivity index is 1.49. The Bertz CT molecular complexity index is 1580. The maximum atomic E-state index is 14.9. The van der Waals surface area contributed by atoms with Crippen molar-refractivity contribution in [3.05, 3.63) is 62.9 Å². The third-order valence-electron chi connectivity index (χ3n) is 9.33. The summed E-state index contributed by atoms with van der Waals surface area (Å²) in [5.74, 6) is 0.0925. The second kappa shape index (κ2) is 11.2. The number of alkyl halides is 3. The summed E-state index contributed by atoms with van der Waals surface area (Å²) in [5.41, 5.74) is 0.771. The molecule has 0 radical (unpaired) electrons. The van der Waals surface area contributed by atoms with Crippen molar-refractivity contribution in [2.45, 2.75) is 67.6 Å². The highest BCUT2D eigenvalue weighted by atomic mass is 32.2. The molecule has 0 spiro atoms. The third kappa shape index (κ3) is 5.07. The zero-order chi connectivity index (χ0) is 30.6. The molecular weight excluding hydrogens is 605 g/mol. The third-order valence-corrected chi connectivity index (χ3v) is 12.5. The van der Waals surface area contributed by atoms with Crippen molar-refractivity contribution < 1.29 is 31.6 Å². The van der Waals surface area contributed by atoms with E-state index in [2.05, 4.69) is 9.57 Å². The first kappa shape index (κ1) is 30.2. The van der Waals surface area contributed by atoms with E-state index in [0.29, 0.717) is 22.8 Å². The SMILES string of the molecule is CCOC(=O)c1cccc2c1=NC(S(=O)Cc1nccc(OCC(F)(F)F)c1C)(C1(SN=O)C3CC4CC(C3)CC1C4)N=2. The molecule has 0 saturated heterocycles. The highest BCUT2D eigenvalue weighted by Gasteiger charge is 2.70. The van der Waals surface area contributed by atoms with E-state index in [1.165, 1.54) is 12.3 Å². The van der Waals surface area contributed by atoms with Crippen LogP contribution in [-0.4, -0.2) is 44.3 Å². The van der Waals surface area contributed by atoms with Gasteiger partial charge in [-0.2, -0.15) is 13.2 Å². The van der Waals surface area contributed by atoms with Crippen molar-refractivity contribution in [3.63, 3.8) is 0 Å². The van der Waals surface area contributed by atoms with Gasteiger partial charge >= 0.3 is 12.1 Å². The fraction of sp³-hybridized carbons (Fsp3) is 0.586. The summed E-state index contributed by atoms with van der Waals surface area (Å²) in [5, 5.41) is 0.617. The molecule has 7 rings (SSSR count). The molecule has 0 amide bonds. The normalized spacial score (nSPS) is 31.1. The lowest BCUT2D eigenvalue weighted by atomic mass is 9.50. The van der Waals surface area contributed by atoms with E-state index in [1.54, 1.807) is 32.0 Å². The van der Waals surface area contributed by atoms with Crippen molar-refractivity contribution in [1.29, 1.82) is 0 Å². The molecule has 1 aromatic carbocycles. The molecule has 230 valence electrons. The summed E-state index contributed by atoms with van der Waals surface area (Å²) in [7, 11) is -1.99. The lowest BCUT2D eigenvalue weighted by Gasteiger charge is -2.62. The van der Waals surface area contributed by atoms with Gasteiger partial charge in [-0.05, 0) is 87.8 Å². The monoisotopic (exact) mass is 636 g/mol. The quantitative estimate of drug-likeness (QED) is 0.205. The summed E-state index contributed by atoms with van der Waals surface area (Å²) in [6, 6.07) is 6.26. The molecule has 4 fully saturated rings. The number of ether oxygens (including phenoxy) is 2. The maximum Gasteiger partial charge on any atom is 0.422 e. The van der Waals surface area contributed by atoms with E-state index in [-0.39, 0.29) is 46.6 Å².